The highest BCUT2D eigenvalue weighted by molar-refractivity contribution is 7.93. The minimum Gasteiger partial charge on any atom is -0.495 e. The summed E-state index contributed by atoms with van der Waals surface area (Å²) in [6, 6.07) is 8.48. The lowest BCUT2D eigenvalue weighted by Gasteiger charge is -2.12. The molecule has 138 valence electrons. The van der Waals surface area contributed by atoms with Crippen LogP contribution in [0.1, 0.15) is 5.89 Å². The summed E-state index contributed by atoms with van der Waals surface area (Å²) in [7, 11) is -6.44. The van der Waals surface area contributed by atoms with E-state index in [1.54, 1.807) is 19.1 Å². The van der Waals surface area contributed by atoms with Crippen molar-refractivity contribution in [1.82, 2.24) is 4.98 Å². The molecule has 0 aliphatic carbocycles. The van der Waals surface area contributed by atoms with Crippen molar-refractivity contribution in [3.05, 3.63) is 42.3 Å². The molecule has 3 aromatic rings. The van der Waals surface area contributed by atoms with Crippen LogP contribution < -0.4 is 9.46 Å². The van der Waals surface area contributed by atoms with Crippen LogP contribution in [-0.4, -0.2) is 35.2 Å². The number of rotatable bonds is 5. The van der Waals surface area contributed by atoms with Gasteiger partial charge < -0.3 is 9.15 Å². The summed E-state index contributed by atoms with van der Waals surface area (Å²) < 4.78 is 62.2. The van der Waals surface area contributed by atoms with Crippen molar-refractivity contribution in [2.75, 3.05) is 18.1 Å². The van der Waals surface area contributed by atoms with Gasteiger partial charge in [0.05, 0.1) is 17.7 Å². The molecular formula is C16H16N2O6S2. The standard InChI is InChI=1S/C16H16N2O6S2/c1-10-17-12-5-4-6-13(16(12)24-10)18-26(21,22)15-9-11(25(3,19)20)7-8-14(15)23-2/h4-9,18H,1-3H3. The second-order valence-corrected chi connectivity index (χ2v) is 9.24. The van der Waals surface area contributed by atoms with Gasteiger partial charge in [0.2, 0.25) is 0 Å². The topological polar surface area (TPSA) is 116 Å². The predicted octanol–water partition coefficient (Wildman–Crippen LogP) is 2.35. The highest BCUT2D eigenvalue weighted by Gasteiger charge is 2.24. The average Bonchev–Trinajstić information content (AvgIpc) is 2.94. The molecule has 26 heavy (non-hydrogen) atoms. The van der Waals surface area contributed by atoms with Crippen LogP contribution in [0.15, 0.2) is 50.6 Å². The van der Waals surface area contributed by atoms with Crippen molar-refractivity contribution in [1.29, 1.82) is 0 Å². The van der Waals surface area contributed by atoms with Gasteiger partial charge in [-0.15, -0.1) is 0 Å². The average molecular weight is 396 g/mol. The van der Waals surface area contributed by atoms with Crippen LogP contribution in [0.2, 0.25) is 0 Å². The molecule has 0 aliphatic heterocycles. The number of methoxy groups -OCH3 is 1. The fraction of sp³-hybridized carbons (Fsp3) is 0.188. The number of sulfone groups is 1. The summed E-state index contributed by atoms with van der Waals surface area (Å²) in [5.74, 6) is 0.411. The second kappa shape index (κ2) is 6.29. The van der Waals surface area contributed by atoms with Gasteiger partial charge in [-0.2, -0.15) is 0 Å². The third kappa shape index (κ3) is 3.37. The molecule has 3 rings (SSSR count). The van der Waals surface area contributed by atoms with E-state index in [9.17, 15) is 16.8 Å². The summed E-state index contributed by atoms with van der Waals surface area (Å²) in [6.45, 7) is 1.65. The minimum absolute atomic E-state index is 0.0193. The SMILES string of the molecule is COc1ccc(S(C)(=O)=O)cc1S(=O)(=O)Nc1cccc2nc(C)oc12. The first kappa shape index (κ1) is 18.2. The Morgan fingerprint density at radius 3 is 2.50 bits per heavy atom. The number of para-hydroxylation sites is 1. The Labute approximate surface area is 150 Å². The van der Waals surface area contributed by atoms with Gasteiger partial charge in [-0.1, -0.05) is 6.07 Å². The normalized spacial score (nSPS) is 12.3. The summed E-state index contributed by atoms with van der Waals surface area (Å²) in [5.41, 5.74) is 0.973. The summed E-state index contributed by atoms with van der Waals surface area (Å²) >= 11 is 0. The van der Waals surface area contributed by atoms with Crippen LogP contribution in [0.3, 0.4) is 0 Å². The van der Waals surface area contributed by atoms with Gasteiger partial charge in [-0.3, -0.25) is 4.72 Å². The molecule has 0 bridgehead atoms. The Morgan fingerprint density at radius 1 is 1.12 bits per heavy atom. The molecule has 0 amide bonds. The van der Waals surface area contributed by atoms with Gasteiger partial charge in [-0.25, -0.2) is 21.8 Å². The zero-order valence-electron chi connectivity index (χ0n) is 14.2. The first-order valence-electron chi connectivity index (χ1n) is 7.39. The highest BCUT2D eigenvalue weighted by atomic mass is 32.2. The van der Waals surface area contributed by atoms with Gasteiger partial charge in [0.25, 0.3) is 10.0 Å². The molecular weight excluding hydrogens is 380 g/mol. The smallest absolute Gasteiger partial charge is 0.265 e. The molecule has 0 radical (unpaired) electrons. The number of sulfonamides is 1. The number of hydrogen-bond donors (Lipinski definition) is 1. The molecule has 8 nitrogen and oxygen atoms in total. The molecule has 1 aromatic heterocycles. The maximum atomic E-state index is 12.9. The van der Waals surface area contributed by atoms with Crippen molar-refractivity contribution < 1.29 is 26.0 Å². The largest absolute Gasteiger partial charge is 0.495 e. The molecule has 0 aliphatic rings. The molecule has 0 fully saturated rings. The van der Waals surface area contributed by atoms with Crippen LogP contribution >= 0.6 is 0 Å². The van der Waals surface area contributed by atoms with E-state index in [4.69, 9.17) is 9.15 Å². The number of nitrogens with one attached hydrogen (secondary N) is 1. The third-order valence-electron chi connectivity index (χ3n) is 3.62. The van der Waals surface area contributed by atoms with Crippen molar-refractivity contribution in [3.63, 3.8) is 0 Å². The molecule has 0 spiro atoms. The highest BCUT2D eigenvalue weighted by Crippen LogP contribution is 2.31. The van der Waals surface area contributed by atoms with Crippen LogP contribution in [0, 0.1) is 6.92 Å². The van der Waals surface area contributed by atoms with E-state index < -0.39 is 19.9 Å². The van der Waals surface area contributed by atoms with Gasteiger partial charge in [0.15, 0.2) is 21.3 Å². The molecule has 0 atom stereocenters. The number of benzene rings is 2. The van der Waals surface area contributed by atoms with Crippen LogP contribution in [0.4, 0.5) is 5.69 Å². The van der Waals surface area contributed by atoms with Crippen molar-refractivity contribution in [2.24, 2.45) is 0 Å². The lowest BCUT2D eigenvalue weighted by Crippen LogP contribution is -2.15. The quantitative estimate of drug-likeness (QED) is 0.704. The van der Waals surface area contributed by atoms with Crippen molar-refractivity contribution in [2.45, 2.75) is 16.7 Å². The van der Waals surface area contributed by atoms with E-state index in [-0.39, 0.29) is 26.8 Å². The Bertz CT molecular complexity index is 1200. The fourth-order valence-electron chi connectivity index (χ4n) is 2.44. The number of nitrogens with zero attached hydrogens (tertiary/aromatic N) is 1. The number of aromatic nitrogens is 1. The maximum absolute atomic E-state index is 12.9. The van der Waals surface area contributed by atoms with Crippen molar-refractivity contribution in [3.8, 4) is 5.75 Å². The van der Waals surface area contributed by atoms with Crippen LogP contribution in [0.25, 0.3) is 11.1 Å². The lowest BCUT2D eigenvalue weighted by atomic mass is 10.3. The van der Waals surface area contributed by atoms with E-state index in [1.807, 2.05) is 0 Å². The molecule has 0 unspecified atom stereocenters. The Hall–Kier alpha value is -2.59. The maximum Gasteiger partial charge on any atom is 0.265 e. The monoisotopic (exact) mass is 396 g/mol. The van der Waals surface area contributed by atoms with Crippen LogP contribution in [0.5, 0.6) is 5.75 Å². The van der Waals surface area contributed by atoms with Gasteiger partial charge in [0.1, 0.15) is 16.2 Å². The number of ether oxygens (including phenoxy) is 1. The van der Waals surface area contributed by atoms with Gasteiger partial charge >= 0.3 is 0 Å². The minimum atomic E-state index is -4.15. The molecule has 1 heterocycles. The third-order valence-corrected chi connectivity index (χ3v) is 6.12. The van der Waals surface area contributed by atoms with E-state index in [0.29, 0.717) is 11.4 Å². The Morgan fingerprint density at radius 2 is 1.85 bits per heavy atom. The predicted molar refractivity (Wildman–Crippen MR) is 95.7 cm³/mol. The summed E-state index contributed by atoms with van der Waals surface area (Å²) in [4.78, 5) is 3.72. The van der Waals surface area contributed by atoms with E-state index in [1.165, 1.54) is 25.3 Å². The number of aryl methyl sites for hydroxylation is 1. The molecule has 0 saturated heterocycles. The zero-order valence-corrected chi connectivity index (χ0v) is 15.8. The zero-order chi connectivity index (χ0) is 19.1. The lowest BCUT2D eigenvalue weighted by molar-refractivity contribution is 0.402. The van der Waals surface area contributed by atoms with Gasteiger partial charge in [0, 0.05) is 13.2 Å². The summed E-state index contributed by atoms with van der Waals surface area (Å²) in [6.07, 6.45) is 0.997. The summed E-state index contributed by atoms with van der Waals surface area (Å²) in [5, 5.41) is 0. The Kier molecular flexibility index (Phi) is 4.41. The molecule has 1 N–H and O–H groups in total. The number of oxazole rings is 1. The molecule has 2 aromatic carbocycles. The van der Waals surface area contributed by atoms with Crippen molar-refractivity contribution >= 4 is 36.6 Å². The molecule has 0 saturated carbocycles. The van der Waals surface area contributed by atoms with E-state index >= 15 is 0 Å². The van der Waals surface area contributed by atoms with E-state index in [2.05, 4.69) is 9.71 Å². The fourth-order valence-corrected chi connectivity index (χ4v) is 4.42. The second-order valence-electron chi connectivity index (χ2n) is 5.58. The first-order valence-corrected chi connectivity index (χ1v) is 10.8. The number of anilines is 1. The van der Waals surface area contributed by atoms with Crippen LogP contribution in [-0.2, 0) is 19.9 Å². The number of fused-ring (bicyclic) bond motifs is 1. The number of hydrogen-bond acceptors (Lipinski definition) is 7. The van der Waals surface area contributed by atoms with Gasteiger partial charge in [-0.05, 0) is 30.3 Å². The molecule has 10 heteroatoms. The first-order chi connectivity index (χ1) is 12.1. The van der Waals surface area contributed by atoms with E-state index in [0.717, 1.165) is 12.3 Å². The Balaban J connectivity index is 2.13.